The minimum absolute atomic E-state index is 0.0120. The Kier molecular flexibility index (Phi) is 7.29. The van der Waals surface area contributed by atoms with Crippen LogP contribution in [0.25, 0.3) is 0 Å². The van der Waals surface area contributed by atoms with Gasteiger partial charge in [-0.3, -0.25) is 4.79 Å². The van der Waals surface area contributed by atoms with Crippen molar-refractivity contribution in [1.29, 1.82) is 0 Å². The lowest BCUT2D eigenvalue weighted by atomic mass is 9.88. The van der Waals surface area contributed by atoms with E-state index in [9.17, 15) is 40.2 Å². The van der Waals surface area contributed by atoms with Crippen LogP contribution in [0.3, 0.4) is 0 Å². The number of phenols is 1. The lowest BCUT2D eigenvalue weighted by Crippen LogP contribution is -2.60. The maximum Gasteiger partial charge on any atom is 0.330 e. The number of aromatic hydroxyl groups is 1. The molecule has 0 bridgehead atoms. The summed E-state index contributed by atoms with van der Waals surface area (Å²) in [4.78, 5) is 23.9. The molecule has 0 spiro atoms. The molecule has 1 saturated heterocycles. The second kappa shape index (κ2) is 9.77. The lowest BCUT2D eigenvalue weighted by Gasteiger charge is -2.39. The van der Waals surface area contributed by atoms with Gasteiger partial charge < -0.3 is 44.8 Å². The molecule has 32 heavy (non-hydrogen) atoms. The average molecular weight is 452 g/mol. The summed E-state index contributed by atoms with van der Waals surface area (Å²) in [7, 11) is 0. The Balaban J connectivity index is 1.59. The van der Waals surface area contributed by atoms with Crippen molar-refractivity contribution in [2.24, 2.45) is 0 Å². The number of ether oxygens (including phenoxy) is 3. The third kappa shape index (κ3) is 5.51. The Morgan fingerprint density at radius 3 is 2.47 bits per heavy atom. The fourth-order valence-corrected chi connectivity index (χ4v) is 3.14. The molecule has 0 radical (unpaired) electrons. The van der Waals surface area contributed by atoms with E-state index < -0.39 is 60.8 Å². The predicted octanol–water partition coefficient (Wildman–Crippen LogP) is -1.70. The molecule has 7 atom stereocenters. The van der Waals surface area contributed by atoms with Gasteiger partial charge in [0.15, 0.2) is 11.4 Å². The molecule has 1 aromatic carbocycles. The molecule has 1 heterocycles. The first-order valence-electron chi connectivity index (χ1n) is 9.73. The van der Waals surface area contributed by atoms with Gasteiger partial charge in [0.2, 0.25) is 6.29 Å². The second-order valence-electron chi connectivity index (χ2n) is 7.47. The standard InChI is InChI=1S/C21H24O11/c22-11-1-3-13(4-2-11)31-20-19(28)18(27)17(26)14(32-20)10-30-16(25)6-8-21(29)7-5-12(23)9-15(21)24/h1-8,12,14,17-20,22-23,26-29H,9-10H2/b8-6+/t12?,14-,17-,18+,19-,20-,21?/m1/s1. The first-order valence-corrected chi connectivity index (χ1v) is 9.73. The number of Topliss-reactive ketones (excluding diaryl/α,β-unsaturated/α-hetero) is 1. The molecule has 1 aliphatic carbocycles. The van der Waals surface area contributed by atoms with Crippen molar-refractivity contribution in [3.63, 3.8) is 0 Å². The minimum atomic E-state index is -2.05. The van der Waals surface area contributed by atoms with Gasteiger partial charge in [0, 0.05) is 12.5 Å². The summed E-state index contributed by atoms with van der Waals surface area (Å²) in [5, 5.41) is 59.2. The number of aliphatic hydroxyl groups excluding tert-OH is 4. The summed E-state index contributed by atoms with van der Waals surface area (Å²) in [6.45, 7) is -0.537. The maximum atomic E-state index is 12.0. The van der Waals surface area contributed by atoms with Crippen LogP contribution in [0, 0.1) is 0 Å². The summed E-state index contributed by atoms with van der Waals surface area (Å²) >= 11 is 0. The molecule has 1 fully saturated rings. The van der Waals surface area contributed by atoms with Crippen molar-refractivity contribution in [3.8, 4) is 11.5 Å². The van der Waals surface area contributed by atoms with Crippen molar-refractivity contribution in [2.75, 3.05) is 6.61 Å². The third-order valence-corrected chi connectivity index (χ3v) is 5.03. The van der Waals surface area contributed by atoms with Gasteiger partial charge in [-0.2, -0.15) is 0 Å². The molecule has 0 amide bonds. The van der Waals surface area contributed by atoms with E-state index in [-0.39, 0.29) is 17.9 Å². The topological polar surface area (TPSA) is 183 Å². The van der Waals surface area contributed by atoms with Crippen LogP contribution in [-0.4, -0.2) is 91.4 Å². The zero-order valence-electron chi connectivity index (χ0n) is 16.7. The van der Waals surface area contributed by atoms with Crippen LogP contribution in [0.15, 0.2) is 48.6 Å². The number of esters is 1. The van der Waals surface area contributed by atoms with Gasteiger partial charge in [0.1, 0.15) is 42.5 Å². The predicted molar refractivity (Wildman–Crippen MR) is 105 cm³/mol. The molecular formula is C21H24O11. The number of phenolic OH excluding ortho intramolecular Hbond substituents is 1. The van der Waals surface area contributed by atoms with Gasteiger partial charge in [-0.1, -0.05) is 6.08 Å². The molecule has 2 aliphatic rings. The first-order chi connectivity index (χ1) is 15.1. The van der Waals surface area contributed by atoms with Crippen molar-refractivity contribution in [2.45, 2.75) is 48.8 Å². The van der Waals surface area contributed by atoms with Crippen molar-refractivity contribution in [3.05, 3.63) is 48.6 Å². The summed E-state index contributed by atoms with van der Waals surface area (Å²) < 4.78 is 15.8. The number of benzene rings is 1. The van der Waals surface area contributed by atoms with E-state index in [4.69, 9.17) is 14.2 Å². The van der Waals surface area contributed by atoms with Gasteiger partial charge in [-0.05, 0) is 36.4 Å². The number of hydrogen-bond donors (Lipinski definition) is 6. The smallest absolute Gasteiger partial charge is 0.330 e. The Hall–Kier alpha value is -2.80. The van der Waals surface area contributed by atoms with Crippen molar-refractivity contribution >= 4 is 11.8 Å². The molecule has 11 nitrogen and oxygen atoms in total. The maximum absolute atomic E-state index is 12.0. The van der Waals surface area contributed by atoms with Crippen LogP contribution in [0.5, 0.6) is 11.5 Å². The highest BCUT2D eigenvalue weighted by molar-refractivity contribution is 5.94. The van der Waals surface area contributed by atoms with E-state index in [0.717, 1.165) is 18.2 Å². The number of aliphatic hydroxyl groups is 5. The van der Waals surface area contributed by atoms with Gasteiger partial charge in [-0.15, -0.1) is 0 Å². The second-order valence-corrected chi connectivity index (χ2v) is 7.47. The number of hydrogen-bond acceptors (Lipinski definition) is 11. The average Bonchev–Trinajstić information content (AvgIpc) is 2.76. The Bertz CT molecular complexity index is 880. The quantitative estimate of drug-likeness (QED) is 0.164. The van der Waals surface area contributed by atoms with Crippen LogP contribution < -0.4 is 4.74 Å². The van der Waals surface area contributed by atoms with Gasteiger partial charge in [0.25, 0.3) is 0 Å². The summed E-state index contributed by atoms with van der Waals surface area (Å²) in [6.07, 6.45) is -4.86. The van der Waals surface area contributed by atoms with Gasteiger partial charge in [-0.25, -0.2) is 4.79 Å². The Morgan fingerprint density at radius 1 is 1.12 bits per heavy atom. The molecule has 11 heteroatoms. The zero-order chi connectivity index (χ0) is 23.5. The summed E-state index contributed by atoms with van der Waals surface area (Å²) in [5.41, 5.74) is -2.05. The molecule has 2 unspecified atom stereocenters. The minimum Gasteiger partial charge on any atom is -0.508 e. The molecule has 0 aromatic heterocycles. The van der Waals surface area contributed by atoms with Crippen LogP contribution in [0.1, 0.15) is 6.42 Å². The SMILES string of the molecule is O=C(/C=C/C1(O)C=CC(O)CC1=O)OC[C@H]1O[C@@H](Oc2ccc(O)cc2)[C@H](O)[C@@H](O)[C@@H]1O. The number of carbonyl (C=O) groups excluding carboxylic acids is 2. The number of ketones is 1. The van der Waals surface area contributed by atoms with E-state index in [1.807, 2.05) is 0 Å². The van der Waals surface area contributed by atoms with E-state index in [2.05, 4.69) is 0 Å². The van der Waals surface area contributed by atoms with Crippen molar-refractivity contribution in [1.82, 2.24) is 0 Å². The summed E-state index contributed by atoms with van der Waals surface area (Å²) in [6, 6.07) is 5.46. The highest BCUT2D eigenvalue weighted by Crippen LogP contribution is 2.26. The van der Waals surface area contributed by atoms with Gasteiger partial charge >= 0.3 is 5.97 Å². The van der Waals surface area contributed by atoms with E-state index in [1.165, 1.54) is 30.3 Å². The van der Waals surface area contributed by atoms with E-state index >= 15 is 0 Å². The first kappa shape index (κ1) is 23.9. The van der Waals surface area contributed by atoms with Crippen LogP contribution in [0.2, 0.25) is 0 Å². The molecular weight excluding hydrogens is 428 g/mol. The molecule has 0 saturated carbocycles. The monoisotopic (exact) mass is 452 g/mol. The molecule has 6 N–H and O–H groups in total. The Morgan fingerprint density at radius 2 is 1.81 bits per heavy atom. The Labute approximate surface area is 182 Å². The molecule has 1 aromatic rings. The number of carbonyl (C=O) groups is 2. The zero-order valence-corrected chi connectivity index (χ0v) is 16.7. The largest absolute Gasteiger partial charge is 0.508 e. The van der Waals surface area contributed by atoms with Crippen LogP contribution >= 0.6 is 0 Å². The third-order valence-electron chi connectivity index (χ3n) is 5.03. The molecule has 1 aliphatic heterocycles. The fraction of sp³-hybridized carbons (Fsp3) is 0.429. The van der Waals surface area contributed by atoms with Gasteiger partial charge in [0.05, 0.1) is 6.10 Å². The fourth-order valence-electron chi connectivity index (χ4n) is 3.14. The number of rotatable bonds is 6. The van der Waals surface area contributed by atoms with Crippen LogP contribution in [-0.2, 0) is 19.1 Å². The van der Waals surface area contributed by atoms with Crippen molar-refractivity contribution < 1.29 is 54.4 Å². The molecule has 3 rings (SSSR count). The molecule has 174 valence electrons. The normalized spacial score (nSPS) is 35.1. The highest BCUT2D eigenvalue weighted by atomic mass is 16.7. The van der Waals surface area contributed by atoms with Crippen LogP contribution in [0.4, 0.5) is 0 Å². The highest BCUT2D eigenvalue weighted by Gasteiger charge is 2.45. The summed E-state index contributed by atoms with van der Waals surface area (Å²) in [5.74, 6) is -1.48. The lowest BCUT2D eigenvalue weighted by molar-refractivity contribution is -0.278. The van der Waals surface area contributed by atoms with E-state index in [1.54, 1.807) is 0 Å². The van der Waals surface area contributed by atoms with E-state index in [0.29, 0.717) is 0 Å².